The van der Waals surface area contributed by atoms with Gasteiger partial charge in [0.2, 0.25) is 10.0 Å². The number of sulfonamides is 1. The first-order valence-corrected chi connectivity index (χ1v) is 8.03. The molecule has 1 saturated heterocycles. The Hall–Kier alpha value is -0.850. The van der Waals surface area contributed by atoms with Gasteiger partial charge in [-0.25, -0.2) is 8.42 Å². The summed E-state index contributed by atoms with van der Waals surface area (Å²) in [6.07, 6.45) is 1.68. The number of aryl methyl sites for hydroxylation is 1. The molecule has 1 aromatic rings. The molecule has 0 aliphatic carbocycles. The lowest BCUT2D eigenvalue weighted by Crippen LogP contribution is -2.38. The number of hydrogen-bond acceptors (Lipinski definition) is 4. The molecule has 5 nitrogen and oxygen atoms in total. The summed E-state index contributed by atoms with van der Waals surface area (Å²) in [5.41, 5.74) is 0. The lowest BCUT2D eigenvalue weighted by molar-refractivity contribution is 0.197. The monoisotopic (exact) mass is 287 g/mol. The Labute approximate surface area is 114 Å². The zero-order valence-corrected chi connectivity index (χ0v) is 12.4. The minimum Gasteiger partial charge on any atom is -0.465 e. The smallest absolute Gasteiger partial charge is 0.219 e. The van der Waals surface area contributed by atoms with Gasteiger partial charge in [0.25, 0.3) is 0 Å². The van der Waals surface area contributed by atoms with Crippen LogP contribution in [0.3, 0.4) is 0 Å². The highest BCUT2D eigenvalue weighted by Crippen LogP contribution is 2.36. The average Bonchev–Trinajstić information content (AvgIpc) is 2.97. The van der Waals surface area contributed by atoms with Crippen LogP contribution in [-0.2, 0) is 14.8 Å². The van der Waals surface area contributed by atoms with E-state index in [-0.39, 0.29) is 12.6 Å². The second-order valence-electron chi connectivity index (χ2n) is 5.03. The Balaban J connectivity index is 2.23. The molecule has 0 radical (unpaired) electrons. The quantitative estimate of drug-likeness (QED) is 0.832. The maximum absolute atomic E-state index is 12.5. The highest BCUT2D eigenvalue weighted by Gasteiger charge is 2.39. The largest absolute Gasteiger partial charge is 0.465 e. The van der Waals surface area contributed by atoms with Crippen LogP contribution in [0.5, 0.6) is 0 Å². The number of ether oxygens (including phenoxy) is 1. The van der Waals surface area contributed by atoms with E-state index >= 15 is 0 Å². The molecule has 0 bridgehead atoms. The van der Waals surface area contributed by atoms with Gasteiger partial charge in [-0.15, -0.1) is 0 Å². The molecule has 1 aromatic heterocycles. The van der Waals surface area contributed by atoms with Crippen molar-refractivity contribution < 1.29 is 17.6 Å². The number of nitrogens with zero attached hydrogens (tertiary/aromatic N) is 1. The maximum Gasteiger partial charge on any atom is 0.219 e. The molecule has 2 heterocycles. The summed E-state index contributed by atoms with van der Waals surface area (Å²) >= 11 is 0. The van der Waals surface area contributed by atoms with E-state index in [1.807, 2.05) is 19.1 Å². The molecule has 0 saturated carbocycles. The van der Waals surface area contributed by atoms with E-state index in [1.54, 1.807) is 11.2 Å². The first-order chi connectivity index (χ1) is 8.96. The molecule has 0 amide bonds. The zero-order valence-electron chi connectivity index (χ0n) is 11.6. The SMILES string of the molecule is COCC(C)S(=O)(=O)N1CCCC1c1ccc(C)o1. The first kappa shape index (κ1) is 14.6. The molecule has 1 aliphatic heterocycles. The predicted molar refractivity (Wildman–Crippen MR) is 72.4 cm³/mol. The van der Waals surface area contributed by atoms with Crippen LogP contribution in [0.1, 0.15) is 37.3 Å². The van der Waals surface area contributed by atoms with E-state index in [2.05, 4.69) is 0 Å². The van der Waals surface area contributed by atoms with E-state index in [1.165, 1.54) is 7.11 Å². The molecule has 2 rings (SSSR count). The third kappa shape index (κ3) is 2.85. The van der Waals surface area contributed by atoms with Crippen molar-refractivity contribution >= 4 is 10.0 Å². The van der Waals surface area contributed by atoms with Crippen LogP contribution >= 0.6 is 0 Å². The summed E-state index contributed by atoms with van der Waals surface area (Å²) in [5, 5.41) is -0.533. The van der Waals surface area contributed by atoms with E-state index in [9.17, 15) is 8.42 Å². The molecule has 0 spiro atoms. The van der Waals surface area contributed by atoms with Crippen LogP contribution < -0.4 is 0 Å². The molecular weight excluding hydrogens is 266 g/mol. The van der Waals surface area contributed by atoms with Crippen molar-refractivity contribution in [2.24, 2.45) is 0 Å². The third-order valence-corrected chi connectivity index (χ3v) is 5.77. The summed E-state index contributed by atoms with van der Waals surface area (Å²) in [5.74, 6) is 1.55. The van der Waals surface area contributed by atoms with Gasteiger partial charge in [-0.05, 0) is 38.8 Å². The first-order valence-electron chi connectivity index (χ1n) is 6.52. The Bertz CT molecular complexity index is 523. The van der Waals surface area contributed by atoms with Crippen molar-refractivity contribution in [3.05, 3.63) is 23.7 Å². The summed E-state index contributed by atoms with van der Waals surface area (Å²) < 4.78 is 37.2. The highest BCUT2D eigenvalue weighted by molar-refractivity contribution is 7.89. The number of furan rings is 1. The Morgan fingerprint density at radius 2 is 2.26 bits per heavy atom. The van der Waals surface area contributed by atoms with Gasteiger partial charge in [0.05, 0.1) is 17.9 Å². The minimum atomic E-state index is -3.34. The average molecular weight is 287 g/mol. The van der Waals surface area contributed by atoms with Gasteiger partial charge in [-0.1, -0.05) is 0 Å². The predicted octanol–water partition coefficient (Wildman–Crippen LogP) is 2.09. The van der Waals surface area contributed by atoms with Crippen LogP contribution in [0.25, 0.3) is 0 Å². The fourth-order valence-corrected chi connectivity index (χ4v) is 4.23. The molecular formula is C13H21NO4S. The number of rotatable bonds is 5. The van der Waals surface area contributed by atoms with Gasteiger partial charge in [-0.2, -0.15) is 4.31 Å². The minimum absolute atomic E-state index is 0.169. The van der Waals surface area contributed by atoms with Gasteiger partial charge in [0, 0.05) is 13.7 Å². The van der Waals surface area contributed by atoms with Crippen molar-refractivity contribution in [3.8, 4) is 0 Å². The Morgan fingerprint density at radius 1 is 1.53 bits per heavy atom. The van der Waals surface area contributed by atoms with E-state index in [0.717, 1.165) is 24.4 Å². The number of methoxy groups -OCH3 is 1. The second kappa shape index (κ2) is 5.64. The van der Waals surface area contributed by atoms with Crippen LogP contribution in [-0.4, -0.2) is 38.2 Å². The van der Waals surface area contributed by atoms with Crippen LogP contribution in [0.4, 0.5) is 0 Å². The lowest BCUT2D eigenvalue weighted by Gasteiger charge is -2.25. The molecule has 6 heteroatoms. The highest BCUT2D eigenvalue weighted by atomic mass is 32.2. The molecule has 19 heavy (non-hydrogen) atoms. The second-order valence-corrected chi connectivity index (χ2v) is 7.33. The van der Waals surface area contributed by atoms with Gasteiger partial charge < -0.3 is 9.15 Å². The zero-order chi connectivity index (χ0) is 14.0. The Morgan fingerprint density at radius 3 is 2.84 bits per heavy atom. The number of hydrogen-bond donors (Lipinski definition) is 0. The summed E-state index contributed by atoms with van der Waals surface area (Å²) in [6, 6.07) is 3.57. The van der Waals surface area contributed by atoms with Crippen molar-refractivity contribution in [3.63, 3.8) is 0 Å². The molecule has 2 unspecified atom stereocenters. The Kier molecular flexibility index (Phi) is 4.32. The van der Waals surface area contributed by atoms with E-state index in [0.29, 0.717) is 6.54 Å². The van der Waals surface area contributed by atoms with Gasteiger partial charge in [-0.3, -0.25) is 0 Å². The van der Waals surface area contributed by atoms with Gasteiger partial charge >= 0.3 is 0 Å². The molecule has 0 N–H and O–H groups in total. The topological polar surface area (TPSA) is 59.8 Å². The lowest BCUT2D eigenvalue weighted by atomic mass is 10.2. The van der Waals surface area contributed by atoms with Crippen LogP contribution in [0.15, 0.2) is 16.5 Å². The normalized spacial score (nSPS) is 22.8. The van der Waals surface area contributed by atoms with Crippen LogP contribution in [0.2, 0.25) is 0 Å². The van der Waals surface area contributed by atoms with Crippen molar-refractivity contribution in [1.29, 1.82) is 0 Å². The van der Waals surface area contributed by atoms with Crippen LogP contribution in [0, 0.1) is 6.92 Å². The molecule has 1 aliphatic rings. The summed E-state index contributed by atoms with van der Waals surface area (Å²) in [4.78, 5) is 0. The molecule has 0 aromatic carbocycles. The van der Waals surface area contributed by atoms with E-state index < -0.39 is 15.3 Å². The van der Waals surface area contributed by atoms with Gasteiger partial charge in [0.15, 0.2) is 0 Å². The summed E-state index contributed by atoms with van der Waals surface area (Å²) in [6.45, 7) is 4.32. The molecule has 1 fully saturated rings. The van der Waals surface area contributed by atoms with E-state index in [4.69, 9.17) is 9.15 Å². The standard InChI is InChI=1S/C13H21NO4S/c1-10-6-7-13(18-10)12-5-4-8-14(12)19(15,16)11(2)9-17-3/h6-7,11-12H,4-5,8-9H2,1-3H3. The summed E-state index contributed by atoms with van der Waals surface area (Å²) in [7, 11) is -1.82. The van der Waals surface area contributed by atoms with Crippen molar-refractivity contribution in [1.82, 2.24) is 4.31 Å². The van der Waals surface area contributed by atoms with Crippen molar-refractivity contribution in [2.45, 2.75) is 38.0 Å². The third-order valence-electron chi connectivity index (χ3n) is 3.53. The fourth-order valence-electron chi connectivity index (χ4n) is 2.51. The molecule has 108 valence electrons. The fraction of sp³-hybridized carbons (Fsp3) is 0.692. The van der Waals surface area contributed by atoms with Crippen molar-refractivity contribution in [2.75, 3.05) is 20.3 Å². The molecule has 2 atom stereocenters. The maximum atomic E-state index is 12.5. The van der Waals surface area contributed by atoms with Gasteiger partial charge in [0.1, 0.15) is 11.5 Å².